The molecule has 34 heavy (non-hydrogen) atoms. The van der Waals surface area contributed by atoms with Crippen LogP contribution in [0.15, 0.2) is 121 Å². The predicted octanol–water partition coefficient (Wildman–Crippen LogP) is 8.94. The molecule has 2 heteroatoms. The molecule has 0 amide bonds. The quantitative estimate of drug-likeness (QED) is 0.187. The van der Waals surface area contributed by atoms with E-state index in [1.54, 1.807) is 0 Å². The van der Waals surface area contributed by atoms with Gasteiger partial charge >= 0.3 is 0 Å². The summed E-state index contributed by atoms with van der Waals surface area (Å²) in [6.45, 7) is 13.3. The van der Waals surface area contributed by atoms with Crippen LogP contribution < -0.4 is 0 Å². The van der Waals surface area contributed by atoms with Crippen LogP contribution in [0.3, 0.4) is 0 Å². The molecule has 0 aliphatic rings. The van der Waals surface area contributed by atoms with Crippen LogP contribution in [-0.4, -0.2) is 0 Å². The second-order valence-corrected chi connectivity index (χ2v) is 9.39. The average molecular weight is 566 g/mol. The molecule has 0 aromatic heterocycles. The summed E-state index contributed by atoms with van der Waals surface area (Å²) in [6, 6.07) is 46.0. The first-order valence-electron chi connectivity index (χ1n) is 11.1. The minimum Gasteiger partial charge on any atom is -0.213 e. The Morgan fingerprint density at radius 3 is 1.53 bits per heavy atom. The van der Waals surface area contributed by atoms with Crippen LogP contribution in [0.1, 0.15) is 52.7 Å². The fourth-order valence-corrected chi connectivity index (χ4v) is 2.56. The summed E-state index contributed by atoms with van der Waals surface area (Å²) >= 11 is 0. The van der Waals surface area contributed by atoms with Crippen LogP contribution >= 0.6 is 0 Å². The average Bonchev–Trinajstić information content (AvgIpc) is 3.32. The molecule has 0 aliphatic carbocycles. The molecule has 4 aromatic rings. The summed E-state index contributed by atoms with van der Waals surface area (Å²) in [7, 11) is 0. The van der Waals surface area contributed by atoms with Gasteiger partial charge in [-0.1, -0.05) is 95.5 Å². The van der Waals surface area contributed by atoms with E-state index in [1.165, 1.54) is 11.1 Å². The third kappa shape index (κ3) is 17.7. The van der Waals surface area contributed by atoms with E-state index >= 15 is 0 Å². The molecule has 0 unspecified atom stereocenters. The van der Waals surface area contributed by atoms with Gasteiger partial charge in [-0.25, -0.2) is 24.3 Å². The summed E-state index contributed by atoms with van der Waals surface area (Å²) in [5.41, 5.74) is 3.48. The summed E-state index contributed by atoms with van der Waals surface area (Å²) in [5, 5.41) is 0. The van der Waals surface area contributed by atoms with Crippen molar-refractivity contribution >= 4 is 0 Å². The Morgan fingerprint density at radius 1 is 0.706 bits per heavy atom. The van der Waals surface area contributed by atoms with Gasteiger partial charge in [-0.2, -0.15) is 35.4 Å². The van der Waals surface area contributed by atoms with Crippen LogP contribution in [0.25, 0.3) is 0 Å². The van der Waals surface area contributed by atoms with E-state index in [0.29, 0.717) is 10.8 Å². The molecule has 0 N–H and O–H groups in total. The predicted molar refractivity (Wildman–Crippen MR) is 141 cm³/mol. The zero-order chi connectivity index (χ0) is 23.7. The van der Waals surface area contributed by atoms with Gasteiger partial charge in [-0.15, -0.1) is 0 Å². The maximum Gasteiger partial charge on any atom is 0 e. The SMILES string of the molecule is CC(C)(C)[c-]1cccc1.CC(C)(C)c1ccc[cH-]1.[Cr].[Zr].[c-]1ccccc[cH+]1.[c-]1ccccc[cH+]1. The molecule has 0 heterocycles. The minimum atomic E-state index is 0. The zero-order valence-corrected chi connectivity index (χ0v) is 25.2. The first kappa shape index (κ1) is 34.5. The van der Waals surface area contributed by atoms with Crippen LogP contribution in [-0.2, 0) is 54.4 Å². The monoisotopic (exact) mass is 564 g/mol. The summed E-state index contributed by atoms with van der Waals surface area (Å²) in [4.78, 5) is 0. The molecule has 0 saturated carbocycles. The first-order chi connectivity index (χ1) is 15.2. The summed E-state index contributed by atoms with van der Waals surface area (Å²) in [5.74, 6) is 0. The molecule has 4 aromatic carbocycles. The van der Waals surface area contributed by atoms with Gasteiger partial charge in [-0.3, -0.25) is 0 Å². The maximum atomic E-state index is 2.92. The molecule has 0 radical (unpaired) electrons. The van der Waals surface area contributed by atoms with Crippen molar-refractivity contribution in [3.63, 3.8) is 0 Å². The van der Waals surface area contributed by atoms with Crippen molar-refractivity contribution < 1.29 is 43.6 Å². The number of hydrogen-bond acceptors (Lipinski definition) is 0. The van der Waals surface area contributed by atoms with Crippen molar-refractivity contribution in [3.8, 4) is 0 Å². The van der Waals surface area contributed by atoms with Gasteiger partial charge in [0.25, 0.3) is 0 Å². The Morgan fingerprint density at radius 2 is 1.21 bits per heavy atom. The minimum absolute atomic E-state index is 0. The fraction of sp³-hybridized carbons (Fsp3) is 0.250. The zero-order valence-electron chi connectivity index (χ0n) is 21.5. The number of rotatable bonds is 0. The van der Waals surface area contributed by atoms with Crippen molar-refractivity contribution in [1.82, 2.24) is 0 Å². The van der Waals surface area contributed by atoms with Gasteiger partial charge < -0.3 is 0 Å². The molecule has 0 fully saturated rings. The Hall–Kier alpha value is -1.70. The van der Waals surface area contributed by atoms with Crippen LogP contribution in [0.2, 0.25) is 0 Å². The van der Waals surface area contributed by atoms with Gasteiger partial charge in [0.15, 0.2) is 0 Å². The van der Waals surface area contributed by atoms with E-state index in [1.807, 2.05) is 72.8 Å². The molecule has 0 spiro atoms. The van der Waals surface area contributed by atoms with E-state index in [4.69, 9.17) is 0 Å². The molecule has 0 bridgehead atoms. The van der Waals surface area contributed by atoms with Gasteiger partial charge in [-0.05, 0) is 41.8 Å². The Bertz CT molecular complexity index is 756. The molecule has 0 atom stereocenters. The van der Waals surface area contributed by atoms with Crippen molar-refractivity contribution in [3.05, 3.63) is 145 Å². The van der Waals surface area contributed by atoms with Crippen molar-refractivity contribution in [2.45, 2.75) is 52.4 Å². The molecular weight excluding hydrogens is 528 g/mol. The van der Waals surface area contributed by atoms with Crippen LogP contribution in [0, 0.1) is 12.1 Å². The summed E-state index contributed by atoms with van der Waals surface area (Å²) in [6.07, 6.45) is 0. The van der Waals surface area contributed by atoms with Gasteiger partial charge in [0, 0.05) is 43.6 Å². The van der Waals surface area contributed by atoms with Crippen molar-refractivity contribution in [2.75, 3.05) is 0 Å². The molecule has 178 valence electrons. The summed E-state index contributed by atoms with van der Waals surface area (Å²) < 4.78 is 0. The molecule has 0 saturated heterocycles. The molecule has 0 nitrogen and oxygen atoms in total. The van der Waals surface area contributed by atoms with E-state index in [2.05, 4.69) is 102 Å². The van der Waals surface area contributed by atoms with E-state index in [9.17, 15) is 0 Å². The maximum absolute atomic E-state index is 2.92. The topological polar surface area (TPSA) is 0 Å². The van der Waals surface area contributed by atoms with E-state index < -0.39 is 0 Å². The van der Waals surface area contributed by atoms with Gasteiger partial charge in [0.2, 0.25) is 0 Å². The largest absolute Gasteiger partial charge is 0.213 e. The van der Waals surface area contributed by atoms with Crippen molar-refractivity contribution in [1.29, 1.82) is 0 Å². The smallest absolute Gasteiger partial charge is 0 e. The standard InChI is InChI=1S/2C9H13.2C7H6.Cr.Zr/c2*1-9(2,3)8-6-4-5-7-8;2*1-2-4-6-7-5-3-1;;/h2*4-7H,1-3H3;2*1-6H;;/q2*-1;;;;. The Balaban J connectivity index is 0. The second kappa shape index (κ2) is 19.6. The number of hydrogen-bond donors (Lipinski definition) is 0. The van der Waals surface area contributed by atoms with Gasteiger partial charge in [0.05, 0.1) is 0 Å². The third-order valence-corrected chi connectivity index (χ3v) is 4.49. The Kier molecular flexibility index (Phi) is 19.9. The second-order valence-electron chi connectivity index (χ2n) is 9.39. The normalized spacial score (nSPS) is 9.59. The molecule has 0 aliphatic heterocycles. The van der Waals surface area contributed by atoms with E-state index in [0.717, 1.165) is 0 Å². The first-order valence-corrected chi connectivity index (χ1v) is 11.1. The van der Waals surface area contributed by atoms with Crippen LogP contribution in [0.5, 0.6) is 0 Å². The third-order valence-electron chi connectivity index (χ3n) is 4.49. The fourth-order valence-electron chi connectivity index (χ4n) is 2.56. The van der Waals surface area contributed by atoms with Crippen molar-refractivity contribution in [2.24, 2.45) is 0 Å². The van der Waals surface area contributed by atoms with E-state index in [-0.39, 0.29) is 43.6 Å². The Labute approximate surface area is 239 Å². The van der Waals surface area contributed by atoms with Gasteiger partial charge in [0.1, 0.15) is 0 Å². The van der Waals surface area contributed by atoms with Crippen LogP contribution in [0.4, 0.5) is 0 Å². The molecule has 4 rings (SSSR count). The molecular formula is C32H38CrZr-2.